The highest BCUT2D eigenvalue weighted by Crippen LogP contribution is 2.47. The predicted octanol–water partition coefficient (Wildman–Crippen LogP) is 6.67. The van der Waals surface area contributed by atoms with Crippen molar-refractivity contribution in [3.8, 4) is 23.4 Å². The molecule has 6 rings (SSSR count). The monoisotopic (exact) mass is 515 g/mol. The molecule has 1 atom stereocenters. The minimum absolute atomic E-state index is 0.0585. The summed E-state index contributed by atoms with van der Waals surface area (Å²) in [6.07, 6.45) is -0.0585. The van der Waals surface area contributed by atoms with Crippen molar-refractivity contribution in [3.63, 3.8) is 0 Å². The number of allylic oxidation sites excluding steroid dienone is 1. The lowest BCUT2D eigenvalue weighted by Crippen LogP contribution is -2.27. The maximum atomic E-state index is 13.6. The van der Waals surface area contributed by atoms with Gasteiger partial charge in [-0.25, -0.2) is 9.78 Å². The maximum Gasteiger partial charge on any atom is 0.344 e. The van der Waals surface area contributed by atoms with E-state index in [0.717, 1.165) is 27.6 Å². The third kappa shape index (κ3) is 4.26. The van der Waals surface area contributed by atoms with Gasteiger partial charge < -0.3 is 19.6 Å². The van der Waals surface area contributed by atoms with Crippen molar-refractivity contribution in [2.24, 2.45) is 5.73 Å². The summed E-state index contributed by atoms with van der Waals surface area (Å²) in [4.78, 5) is 18.4. The Hall–Kier alpha value is -5.09. The molecular weight excluding hydrogens is 490 g/mol. The van der Waals surface area contributed by atoms with Crippen molar-refractivity contribution in [3.05, 3.63) is 116 Å². The minimum Gasteiger partial charge on any atom is -0.440 e. The van der Waals surface area contributed by atoms with Crippen LogP contribution in [0.5, 0.6) is 17.4 Å². The summed E-state index contributed by atoms with van der Waals surface area (Å²) in [5, 5.41) is 11.2. The van der Waals surface area contributed by atoms with E-state index < -0.39 is 11.5 Å². The molecule has 0 spiro atoms. The van der Waals surface area contributed by atoms with E-state index in [0.29, 0.717) is 39.5 Å². The van der Waals surface area contributed by atoms with Crippen molar-refractivity contribution >= 4 is 21.9 Å². The van der Waals surface area contributed by atoms with Crippen LogP contribution in [0, 0.1) is 32.1 Å². The SMILES string of the molecule is Cc1ccc(Oc2nc3ccc(C)cc3cc2C2C(CC#N)=C(N)Oc3c2c(=O)oc2ccc(C)cc32)cc1. The highest BCUT2D eigenvalue weighted by molar-refractivity contribution is 5.87. The number of benzene rings is 3. The fourth-order valence-corrected chi connectivity index (χ4v) is 5.07. The molecule has 192 valence electrons. The van der Waals surface area contributed by atoms with Gasteiger partial charge >= 0.3 is 5.63 Å². The first-order valence-corrected chi connectivity index (χ1v) is 12.6. The van der Waals surface area contributed by atoms with Crippen molar-refractivity contribution in [2.45, 2.75) is 33.1 Å². The van der Waals surface area contributed by atoms with Crippen molar-refractivity contribution in [1.82, 2.24) is 4.98 Å². The van der Waals surface area contributed by atoms with Gasteiger partial charge in [0.1, 0.15) is 11.3 Å². The molecule has 0 saturated heterocycles. The van der Waals surface area contributed by atoms with E-state index in [2.05, 4.69) is 6.07 Å². The molecule has 0 amide bonds. The second-order valence-electron chi connectivity index (χ2n) is 9.89. The fourth-order valence-electron chi connectivity index (χ4n) is 5.07. The van der Waals surface area contributed by atoms with Crippen LogP contribution in [0.25, 0.3) is 21.9 Å². The smallest absolute Gasteiger partial charge is 0.344 e. The Balaban J connectivity index is 1.67. The third-order valence-corrected chi connectivity index (χ3v) is 6.99. The van der Waals surface area contributed by atoms with Gasteiger partial charge in [0.15, 0.2) is 11.6 Å². The second-order valence-corrected chi connectivity index (χ2v) is 9.89. The van der Waals surface area contributed by atoms with Crippen LogP contribution < -0.4 is 20.8 Å². The van der Waals surface area contributed by atoms with Crippen LogP contribution in [0.15, 0.2) is 87.4 Å². The molecule has 0 saturated carbocycles. The van der Waals surface area contributed by atoms with Crippen molar-refractivity contribution < 1.29 is 13.9 Å². The summed E-state index contributed by atoms with van der Waals surface area (Å²) in [5.74, 6) is 0.522. The summed E-state index contributed by atoms with van der Waals surface area (Å²) in [6, 6.07) is 23.2. The number of fused-ring (bicyclic) bond motifs is 4. The Bertz CT molecular complexity index is 1910. The van der Waals surface area contributed by atoms with Crippen LogP contribution in [0.4, 0.5) is 0 Å². The first-order chi connectivity index (χ1) is 18.8. The average molecular weight is 516 g/mol. The zero-order valence-electron chi connectivity index (χ0n) is 21.7. The predicted molar refractivity (Wildman–Crippen MR) is 149 cm³/mol. The number of aromatic nitrogens is 1. The van der Waals surface area contributed by atoms with E-state index >= 15 is 0 Å². The normalized spacial score (nSPS) is 14.7. The Morgan fingerprint density at radius 2 is 1.69 bits per heavy atom. The summed E-state index contributed by atoms with van der Waals surface area (Å²) < 4.78 is 18.2. The lowest BCUT2D eigenvalue weighted by Gasteiger charge is -2.29. The number of nitrogens with two attached hydrogens (primary N) is 1. The summed E-state index contributed by atoms with van der Waals surface area (Å²) >= 11 is 0. The molecule has 39 heavy (non-hydrogen) atoms. The number of pyridine rings is 1. The first kappa shape index (κ1) is 24.3. The van der Waals surface area contributed by atoms with Crippen LogP contribution >= 0.6 is 0 Å². The van der Waals surface area contributed by atoms with Gasteiger partial charge in [-0.15, -0.1) is 0 Å². The number of aryl methyl sites for hydroxylation is 3. The molecule has 7 heteroatoms. The zero-order valence-corrected chi connectivity index (χ0v) is 21.7. The van der Waals surface area contributed by atoms with E-state index in [1.165, 1.54) is 0 Å². The van der Waals surface area contributed by atoms with Gasteiger partial charge in [-0.1, -0.05) is 41.0 Å². The maximum absolute atomic E-state index is 13.6. The molecule has 5 aromatic rings. The van der Waals surface area contributed by atoms with Gasteiger partial charge in [0.2, 0.25) is 5.88 Å². The topological polar surface area (TPSA) is 111 Å². The van der Waals surface area contributed by atoms with Crippen LogP contribution in [-0.2, 0) is 0 Å². The largest absolute Gasteiger partial charge is 0.440 e. The van der Waals surface area contributed by atoms with Gasteiger partial charge in [0.05, 0.1) is 34.9 Å². The van der Waals surface area contributed by atoms with E-state index in [-0.39, 0.29) is 17.9 Å². The van der Waals surface area contributed by atoms with Gasteiger partial charge in [-0.05, 0) is 63.2 Å². The molecule has 1 aliphatic rings. The van der Waals surface area contributed by atoms with Crippen LogP contribution in [0.2, 0.25) is 0 Å². The van der Waals surface area contributed by atoms with Crippen molar-refractivity contribution in [1.29, 1.82) is 5.26 Å². The number of nitrogens with zero attached hydrogens (tertiary/aromatic N) is 2. The van der Waals surface area contributed by atoms with Gasteiger partial charge in [0, 0.05) is 16.5 Å². The standard InChI is InChI=1S/C32H25N3O4/c1-17-4-8-21(9-5-17)37-31-24(16-20-14-18(2)6-10-25(20)35-31)27-22(12-13-33)30(34)39-29-23-15-19(3)7-11-26(23)38-32(36)28(27)29/h4-11,14-16,27H,12,34H2,1-3H3. The zero-order chi connectivity index (χ0) is 27.3. The minimum atomic E-state index is -0.771. The van der Waals surface area contributed by atoms with Crippen molar-refractivity contribution in [2.75, 3.05) is 0 Å². The Kier molecular flexibility index (Phi) is 5.81. The molecule has 0 aliphatic carbocycles. The molecule has 2 N–H and O–H groups in total. The number of ether oxygens (including phenoxy) is 2. The summed E-state index contributed by atoms with van der Waals surface area (Å²) in [6.45, 7) is 5.94. The van der Waals surface area contributed by atoms with E-state index in [1.807, 2.05) is 81.4 Å². The van der Waals surface area contributed by atoms with Crippen LogP contribution in [0.3, 0.4) is 0 Å². The fraction of sp³-hybridized carbons (Fsp3) is 0.156. The molecule has 0 bridgehead atoms. The number of nitriles is 1. The van der Waals surface area contributed by atoms with Gasteiger partial charge in [0.25, 0.3) is 0 Å². The number of rotatable bonds is 4. The number of hydrogen-bond acceptors (Lipinski definition) is 7. The second kappa shape index (κ2) is 9.34. The summed E-state index contributed by atoms with van der Waals surface area (Å²) in [7, 11) is 0. The third-order valence-electron chi connectivity index (χ3n) is 6.99. The Morgan fingerprint density at radius 1 is 0.974 bits per heavy atom. The quantitative estimate of drug-likeness (QED) is 0.266. The van der Waals surface area contributed by atoms with E-state index in [4.69, 9.17) is 24.6 Å². The average Bonchev–Trinajstić information content (AvgIpc) is 2.91. The van der Waals surface area contributed by atoms with Crippen LogP contribution in [-0.4, -0.2) is 4.98 Å². The molecule has 0 radical (unpaired) electrons. The lowest BCUT2D eigenvalue weighted by molar-refractivity contribution is 0.379. The first-order valence-electron chi connectivity index (χ1n) is 12.6. The Morgan fingerprint density at radius 3 is 2.46 bits per heavy atom. The highest BCUT2D eigenvalue weighted by Gasteiger charge is 2.37. The molecule has 1 unspecified atom stereocenters. The number of hydrogen-bond donors (Lipinski definition) is 1. The molecule has 1 aliphatic heterocycles. The Labute approximate surface area is 224 Å². The van der Waals surface area contributed by atoms with Gasteiger partial charge in [-0.3, -0.25) is 0 Å². The van der Waals surface area contributed by atoms with E-state index in [1.54, 1.807) is 6.07 Å². The van der Waals surface area contributed by atoms with Crippen LogP contribution in [0.1, 0.15) is 40.2 Å². The molecule has 0 fully saturated rings. The lowest BCUT2D eigenvalue weighted by atomic mass is 9.82. The molecular formula is C32H25N3O4. The van der Waals surface area contributed by atoms with E-state index in [9.17, 15) is 10.1 Å². The molecule has 3 heterocycles. The highest BCUT2D eigenvalue weighted by atomic mass is 16.5. The molecule has 7 nitrogen and oxygen atoms in total. The molecule has 2 aromatic heterocycles. The summed E-state index contributed by atoms with van der Waals surface area (Å²) in [5.41, 5.74) is 11.4. The van der Waals surface area contributed by atoms with Gasteiger partial charge in [-0.2, -0.15) is 5.26 Å². The molecule has 3 aromatic carbocycles.